The molecule has 0 unspecified atom stereocenters. The van der Waals surface area contributed by atoms with Gasteiger partial charge in [-0.2, -0.15) is 0 Å². The van der Waals surface area contributed by atoms with Crippen LogP contribution < -0.4 is 18.2 Å². The molecule has 0 spiro atoms. The first-order valence-electron chi connectivity index (χ1n) is 9.66. The molecule has 0 bridgehead atoms. The van der Waals surface area contributed by atoms with Crippen molar-refractivity contribution in [3.63, 3.8) is 0 Å². The molecular formula is C25H25AsO3. The summed E-state index contributed by atoms with van der Waals surface area (Å²) in [5, 5.41) is 13.1. The van der Waals surface area contributed by atoms with Gasteiger partial charge in [-0.3, -0.25) is 0 Å². The number of benzene rings is 3. The van der Waals surface area contributed by atoms with E-state index in [2.05, 4.69) is 36.4 Å². The van der Waals surface area contributed by atoms with Crippen LogP contribution in [0.2, 0.25) is 0 Å². The van der Waals surface area contributed by atoms with Crippen LogP contribution in [0.3, 0.4) is 0 Å². The minimum absolute atomic E-state index is 0.195. The van der Waals surface area contributed by atoms with Gasteiger partial charge in [-0.1, -0.05) is 0 Å². The van der Waals surface area contributed by atoms with Crippen LogP contribution in [0.15, 0.2) is 102 Å². The number of ether oxygens (including phenoxy) is 1. The minimum atomic E-state index is -3.24. The molecule has 0 radical (unpaired) electrons. The molecule has 0 saturated heterocycles. The van der Waals surface area contributed by atoms with E-state index in [4.69, 9.17) is 4.74 Å². The van der Waals surface area contributed by atoms with Crippen molar-refractivity contribution in [3.8, 4) is 0 Å². The maximum atomic E-state index is 13.1. The molecule has 4 heteroatoms. The van der Waals surface area contributed by atoms with E-state index in [0.29, 0.717) is 0 Å². The third kappa shape index (κ3) is 4.99. The predicted octanol–water partition coefficient (Wildman–Crippen LogP) is 2.28. The Kier molecular flexibility index (Phi) is 6.95. The summed E-state index contributed by atoms with van der Waals surface area (Å²) in [6, 6.07) is 30.5. The van der Waals surface area contributed by atoms with Crippen molar-refractivity contribution in [1.82, 2.24) is 0 Å². The van der Waals surface area contributed by atoms with Crippen LogP contribution in [0.4, 0.5) is 0 Å². The van der Waals surface area contributed by atoms with Gasteiger partial charge in [0.15, 0.2) is 0 Å². The molecule has 0 saturated carbocycles. The Balaban J connectivity index is 2.20. The molecule has 3 aromatic rings. The molecule has 0 fully saturated rings. The first-order valence-corrected chi connectivity index (χ1v) is 13.6. The van der Waals surface area contributed by atoms with Crippen LogP contribution in [-0.2, 0) is 9.53 Å². The molecule has 3 nitrogen and oxygen atoms in total. The number of carbonyl (C=O) groups is 1. The second kappa shape index (κ2) is 9.62. The molecule has 29 heavy (non-hydrogen) atoms. The zero-order chi connectivity index (χ0) is 20.7. The zero-order valence-electron chi connectivity index (χ0n) is 16.7. The van der Waals surface area contributed by atoms with Gasteiger partial charge in [-0.15, -0.1) is 0 Å². The standard InChI is InChI=1S/C25H25AsO3/c1-20(2)29-25(28)18-24(27)19-26(21-12-6-3-7-13-21,22-14-8-4-9-15-22)23-16-10-5-11-17-23/h3-17,19-20H,18H2,1-2H3/b24-19-. The van der Waals surface area contributed by atoms with Crippen molar-refractivity contribution in [2.75, 3.05) is 0 Å². The van der Waals surface area contributed by atoms with Crippen molar-refractivity contribution in [2.24, 2.45) is 0 Å². The summed E-state index contributed by atoms with van der Waals surface area (Å²) in [4.78, 5) is 13.9. The Morgan fingerprint density at radius 1 is 0.828 bits per heavy atom. The molecule has 0 aliphatic carbocycles. The molecule has 0 aliphatic rings. The van der Waals surface area contributed by atoms with Crippen molar-refractivity contribution in [1.29, 1.82) is 0 Å². The Morgan fingerprint density at radius 3 is 1.55 bits per heavy atom. The number of carbonyl (C=O) groups excluding carboxylic acids is 1. The van der Waals surface area contributed by atoms with Gasteiger partial charge < -0.3 is 0 Å². The average molecular weight is 448 g/mol. The third-order valence-electron chi connectivity index (χ3n) is 4.51. The monoisotopic (exact) mass is 448 g/mol. The molecule has 0 heterocycles. The molecule has 0 aromatic heterocycles. The van der Waals surface area contributed by atoms with Crippen LogP contribution in [0, 0.1) is 0 Å². The third-order valence-corrected chi connectivity index (χ3v) is 12.9. The molecule has 3 rings (SSSR count). The van der Waals surface area contributed by atoms with Gasteiger partial charge in [0.2, 0.25) is 0 Å². The maximum absolute atomic E-state index is 13.1. The van der Waals surface area contributed by atoms with Gasteiger partial charge >= 0.3 is 175 Å². The Bertz CT molecular complexity index is 854. The normalized spacial score (nSPS) is 12.0. The summed E-state index contributed by atoms with van der Waals surface area (Å²) in [7, 11) is 0. The average Bonchev–Trinajstić information content (AvgIpc) is 2.73. The van der Waals surface area contributed by atoms with Gasteiger partial charge in [0.1, 0.15) is 0 Å². The molecule has 0 aliphatic heterocycles. The number of hydrogen-bond acceptors (Lipinski definition) is 3. The van der Waals surface area contributed by atoms with Gasteiger partial charge in [-0.25, -0.2) is 0 Å². The number of esters is 1. The van der Waals surface area contributed by atoms with Crippen LogP contribution in [0.25, 0.3) is 0 Å². The van der Waals surface area contributed by atoms with E-state index in [9.17, 15) is 9.90 Å². The van der Waals surface area contributed by atoms with Gasteiger partial charge in [0.25, 0.3) is 0 Å². The first kappa shape index (κ1) is 20.9. The molecule has 0 N–H and O–H groups in total. The summed E-state index contributed by atoms with van der Waals surface area (Å²) in [5.41, 5.74) is 0. The zero-order valence-corrected chi connectivity index (χ0v) is 18.6. The SMILES string of the molecule is CC(C)OC(=O)C/C([O-])=C/[As+](c1ccccc1)(c1ccccc1)c1ccccc1. The number of rotatable bonds is 7. The number of hydrogen-bond donors (Lipinski definition) is 0. The van der Waals surface area contributed by atoms with E-state index >= 15 is 0 Å². The topological polar surface area (TPSA) is 49.4 Å². The van der Waals surface area contributed by atoms with E-state index < -0.39 is 19.5 Å². The Hall–Kier alpha value is -2.77. The predicted molar refractivity (Wildman–Crippen MR) is 118 cm³/mol. The molecule has 3 aromatic carbocycles. The fraction of sp³-hybridized carbons (Fsp3) is 0.160. The van der Waals surface area contributed by atoms with Gasteiger partial charge in [0, 0.05) is 0 Å². The fourth-order valence-electron chi connectivity index (χ4n) is 3.37. The van der Waals surface area contributed by atoms with E-state index in [1.165, 1.54) is 0 Å². The summed E-state index contributed by atoms with van der Waals surface area (Å²) in [6.07, 6.45) is -0.481. The van der Waals surface area contributed by atoms with Crippen molar-refractivity contribution in [2.45, 2.75) is 26.4 Å². The van der Waals surface area contributed by atoms with Crippen LogP contribution in [0.1, 0.15) is 20.3 Å². The van der Waals surface area contributed by atoms with E-state index in [1.807, 2.05) is 59.5 Å². The van der Waals surface area contributed by atoms with Crippen molar-refractivity contribution >= 4 is 32.6 Å². The second-order valence-corrected chi connectivity index (χ2v) is 13.9. The summed E-state index contributed by atoms with van der Waals surface area (Å²) in [6.45, 7) is 3.57. The Labute approximate surface area is 175 Å². The molecule has 148 valence electrons. The quantitative estimate of drug-likeness (QED) is 0.317. The van der Waals surface area contributed by atoms with Gasteiger partial charge in [0.05, 0.1) is 0 Å². The van der Waals surface area contributed by atoms with E-state index in [0.717, 1.165) is 13.1 Å². The summed E-state index contributed by atoms with van der Waals surface area (Å²) >= 11 is -3.24. The fourth-order valence-corrected chi connectivity index (χ4v) is 11.3. The summed E-state index contributed by atoms with van der Waals surface area (Å²) < 4.78 is 8.59. The molecule has 0 atom stereocenters. The van der Waals surface area contributed by atoms with Crippen LogP contribution in [0.5, 0.6) is 0 Å². The van der Waals surface area contributed by atoms with Crippen LogP contribution >= 0.6 is 0 Å². The van der Waals surface area contributed by atoms with E-state index in [1.54, 1.807) is 13.8 Å². The van der Waals surface area contributed by atoms with Crippen molar-refractivity contribution < 1.29 is 14.6 Å². The molecule has 0 amide bonds. The van der Waals surface area contributed by atoms with Crippen LogP contribution in [-0.4, -0.2) is 25.6 Å². The van der Waals surface area contributed by atoms with Crippen molar-refractivity contribution in [3.05, 3.63) is 102 Å². The van der Waals surface area contributed by atoms with E-state index in [-0.39, 0.29) is 18.3 Å². The second-order valence-electron chi connectivity index (χ2n) is 7.04. The Morgan fingerprint density at radius 2 is 1.21 bits per heavy atom. The molecular weight excluding hydrogens is 423 g/mol. The first-order chi connectivity index (χ1) is 14.0. The summed E-state index contributed by atoms with van der Waals surface area (Å²) in [5.74, 6) is -0.677. The van der Waals surface area contributed by atoms with Gasteiger partial charge in [-0.05, 0) is 0 Å².